The van der Waals surface area contributed by atoms with Gasteiger partial charge in [-0.25, -0.2) is 0 Å². The van der Waals surface area contributed by atoms with Gasteiger partial charge in [0.1, 0.15) is 11.6 Å². The highest BCUT2D eigenvalue weighted by atomic mass is 16.5. The predicted octanol–water partition coefficient (Wildman–Crippen LogP) is 3.88. The minimum absolute atomic E-state index is 0.140. The maximum absolute atomic E-state index is 14.2. The summed E-state index contributed by atoms with van der Waals surface area (Å²) in [5.74, 6) is -2.03. The summed E-state index contributed by atoms with van der Waals surface area (Å²) in [6, 6.07) is 14.8. The number of hydrogen-bond donors (Lipinski definition) is 3. The molecule has 5 atom stereocenters. The number of carbonyl (C=O) groups excluding carboxylic acids is 3. The maximum atomic E-state index is 14.2. The third-order valence-electron chi connectivity index (χ3n) is 9.08. The number of carbonyl (C=O) groups is 3. The largest absolute Gasteiger partial charge is 0.396 e. The van der Waals surface area contributed by atoms with Gasteiger partial charge in [-0.3, -0.25) is 14.4 Å². The Balaban J connectivity index is 1.43. The minimum Gasteiger partial charge on any atom is -0.396 e. The van der Waals surface area contributed by atoms with E-state index in [2.05, 4.69) is 10.6 Å². The summed E-state index contributed by atoms with van der Waals surface area (Å²) >= 11 is 0. The Hall–Kier alpha value is -3.23. The van der Waals surface area contributed by atoms with Gasteiger partial charge in [-0.05, 0) is 69.2 Å². The van der Waals surface area contributed by atoms with Gasteiger partial charge in [0.05, 0.1) is 17.4 Å². The number of likely N-dealkylation sites (tertiary alicyclic amines) is 1. The van der Waals surface area contributed by atoms with E-state index in [0.717, 1.165) is 35.2 Å². The van der Waals surface area contributed by atoms with Crippen LogP contribution in [0.1, 0.15) is 62.1 Å². The molecule has 0 aliphatic carbocycles. The van der Waals surface area contributed by atoms with Crippen LogP contribution in [0.3, 0.4) is 0 Å². The van der Waals surface area contributed by atoms with E-state index < -0.39 is 29.1 Å². The van der Waals surface area contributed by atoms with Gasteiger partial charge in [-0.15, -0.1) is 0 Å². The second kappa shape index (κ2) is 11.3. The molecule has 2 aromatic carbocycles. The van der Waals surface area contributed by atoms with Crippen LogP contribution < -0.4 is 10.6 Å². The predicted molar refractivity (Wildman–Crippen MR) is 152 cm³/mol. The third kappa shape index (κ3) is 5.03. The molecule has 8 heteroatoms. The number of nitrogens with one attached hydrogen (secondary N) is 2. The van der Waals surface area contributed by atoms with Crippen LogP contribution in [-0.2, 0) is 25.7 Å². The Morgan fingerprint density at radius 2 is 1.77 bits per heavy atom. The number of amides is 3. The number of aliphatic hydroxyl groups excluding tert-OH is 1. The third-order valence-corrected chi connectivity index (χ3v) is 9.08. The first-order valence-electron chi connectivity index (χ1n) is 14.5. The minimum atomic E-state index is -1.05. The van der Waals surface area contributed by atoms with E-state index in [-0.39, 0.29) is 24.3 Å². The fourth-order valence-electron chi connectivity index (χ4n) is 7.08. The average Bonchev–Trinajstić information content (AvgIpc) is 3.50. The van der Waals surface area contributed by atoms with Crippen LogP contribution in [0.25, 0.3) is 0 Å². The first-order chi connectivity index (χ1) is 19.2. The highest BCUT2D eigenvalue weighted by molar-refractivity contribution is 6.04. The molecule has 3 aliphatic rings. The topological polar surface area (TPSA) is 108 Å². The van der Waals surface area contributed by atoms with Crippen molar-refractivity contribution >= 4 is 23.4 Å². The molecule has 8 nitrogen and oxygen atoms in total. The Morgan fingerprint density at radius 1 is 1.02 bits per heavy atom. The Labute approximate surface area is 236 Å². The zero-order valence-corrected chi connectivity index (χ0v) is 23.7. The van der Waals surface area contributed by atoms with E-state index in [0.29, 0.717) is 38.8 Å². The first-order valence-corrected chi connectivity index (χ1v) is 14.5. The Morgan fingerprint density at radius 3 is 2.52 bits per heavy atom. The van der Waals surface area contributed by atoms with E-state index in [1.165, 1.54) is 0 Å². The molecule has 3 N–H and O–H groups in total. The fraction of sp³-hybridized carbons (Fsp3) is 0.531. The Bertz CT molecular complexity index is 1270. The summed E-state index contributed by atoms with van der Waals surface area (Å²) in [6.07, 6.45) is 4.27. The summed E-state index contributed by atoms with van der Waals surface area (Å²) in [5, 5.41) is 15.3. The lowest BCUT2D eigenvalue weighted by atomic mass is 9.66. The van der Waals surface area contributed by atoms with Gasteiger partial charge >= 0.3 is 0 Å². The standard InChI is InChI=1S/C32H41N3O5/c1-21-13-14-22(2)24(19-21)34-29(38)27-32-16-15-31(3,40-32)25(28(37)33-20-23-11-7-6-8-12-23)26(32)30(39)35(27)17-9-4-5-10-18-36/h6-8,11-14,19,25-27,36H,4-5,9-10,15-18,20H2,1-3H3,(H,33,37)(H,34,38)/t25-,26-,27?,31+,32?/m0/s1. The molecule has 3 heterocycles. The molecule has 5 rings (SSSR count). The molecule has 214 valence electrons. The summed E-state index contributed by atoms with van der Waals surface area (Å²) in [4.78, 5) is 43.6. The quantitative estimate of drug-likeness (QED) is 0.370. The van der Waals surface area contributed by atoms with Crippen LogP contribution in [0.4, 0.5) is 5.69 Å². The Kier molecular flexibility index (Phi) is 8.02. The number of unbranched alkanes of at least 4 members (excludes halogenated alkanes) is 3. The first kappa shape index (κ1) is 28.3. The summed E-state index contributed by atoms with van der Waals surface area (Å²) in [6.45, 7) is 6.75. The highest BCUT2D eigenvalue weighted by Gasteiger charge is 2.77. The number of nitrogens with zero attached hydrogens (tertiary/aromatic N) is 1. The number of fused-ring (bicyclic) bond motifs is 1. The van der Waals surface area contributed by atoms with E-state index in [1.54, 1.807) is 4.90 Å². The molecule has 2 unspecified atom stereocenters. The number of aryl methyl sites for hydroxylation is 2. The van der Waals surface area contributed by atoms with Crippen molar-refractivity contribution in [3.05, 3.63) is 65.2 Å². The fourth-order valence-corrected chi connectivity index (χ4v) is 7.08. The smallest absolute Gasteiger partial charge is 0.250 e. The van der Waals surface area contributed by atoms with Crippen molar-refractivity contribution in [2.75, 3.05) is 18.5 Å². The van der Waals surface area contributed by atoms with E-state index in [1.807, 2.05) is 69.3 Å². The molecular formula is C32H41N3O5. The van der Waals surface area contributed by atoms with Gasteiger partial charge in [0.2, 0.25) is 17.7 Å². The second-order valence-corrected chi connectivity index (χ2v) is 11.9. The summed E-state index contributed by atoms with van der Waals surface area (Å²) in [7, 11) is 0. The molecular weight excluding hydrogens is 506 g/mol. The van der Waals surface area contributed by atoms with Gasteiger partial charge in [0.15, 0.2) is 0 Å². The van der Waals surface area contributed by atoms with Crippen molar-refractivity contribution in [2.24, 2.45) is 11.8 Å². The second-order valence-electron chi connectivity index (χ2n) is 11.9. The van der Waals surface area contributed by atoms with Gasteiger partial charge in [0, 0.05) is 25.4 Å². The lowest BCUT2D eigenvalue weighted by molar-refractivity contribution is -0.144. The zero-order valence-electron chi connectivity index (χ0n) is 23.7. The zero-order chi connectivity index (χ0) is 28.5. The number of benzene rings is 2. The van der Waals surface area contributed by atoms with Crippen LogP contribution >= 0.6 is 0 Å². The number of aliphatic hydroxyl groups is 1. The van der Waals surface area contributed by atoms with Crippen molar-refractivity contribution in [2.45, 2.75) is 83.1 Å². The normalized spacial score (nSPS) is 28.6. The highest BCUT2D eigenvalue weighted by Crippen LogP contribution is 2.63. The van der Waals surface area contributed by atoms with Crippen LogP contribution in [0.2, 0.25) is 0 Å². The van der Waals surface area contributed by atoms with Crippen LogP contribution in [-0.4, -0.2) is 58.1 Å². The average molecular weight is 548 g/mol. The molecule has 2 aromatic rings. The lowest BCUT2D eigenvalue weighted by Gasteiger charge is -2.33. The van der Waals surface area contributed by atoms with Crippen LogP contribution in [0.15, 0.2) is 48.5 Å². The SMILES string of the molecule is Cc1ccc(C)c(NC(=O)C2N(CCCCCCO)C(=O)[C@@H]3[C@@H](C(=O)NCc4ccccc4)[C@@]4(C)CCC23O4)c1. The van der Waals surface area contributed by atoms with Gasteiger partial charge in [0.25, 0.3) is 0 Å². The van der Waals surface area contributed by atoms with Gasteiger partial charge in [-0.1, -0.05) is 55.3 Å². The van der Waals surface area contributed by atoms with Crippen LogP contribution in [0.5, 0.6) is 0 Å². The van der Waals surface area contributed by atoms with Crippen molar-refractivity contribution in [1.29, 1.82) is 0 Å². The van der Waals surface area contributed by atoms with Gasteiger partial charge < -0.3 is 25.4 Å². The molecule has 3 aliphatic heterocycles. The molecule has 3 fully saturated rings. The van der Waals surface area contributed by atoms with E-state index in [9.17, 15) is 14.4 Å². The van der Waals surface area contributed by atoms with E-state index >= 15 is 0 Å². The number of anilines is 1. The number of hydrogen-bond acceptors (Lipinski definition) is 5. The monoisotopic (exact) mass is 547 g/mol. The molecule has 1 spiro atoms. The molecule has 3 saturated heterocycles. The molecule has 2 bridgehead atoms. The van der Waals surface area contributed by atoms with Gasteiger partial charge in [-0.2, -0.15) is 0 Å². The maximum Gasteiger partial charge on any atom is 0.250 e. The summed E-state index contributed by atoms with van der Waals surface area (Å²) in [5.41, 5.74) is 1.80. The number of ether oxygens (including phenoxy) is 1. The van der Waals surface area contributed by atoms with Crippen molar-refractivity contribution in [3.8, 4) is 0 Å². The van der Waals surface area contributed by atoms with Crippen molar-refractivity contribution in [1.82, 2.24) is 10.2 Å². The molecule has 3 amide bonds. The lowest BCUT2D eigenvalue weighted by Crippen LogP contribution is -2.53. The number of rotatable bonds is 11. The van der Waals surface area contributed by atoms with E-state index in [4.69, 9.17) is 9.84 Å². The summed E-state index contributed by atoms with van der Waals surface area (Å²) < 4.78 is 6.71. The molecule has 0 saturated carbocycles. The van der Waals surface area contributed by atoms with Crippen LogP contribution in [0, 0.1) is 25.7 Å². The van der Waals surface area contributed by atoms with Crippen molar-refractivity contribution < 1.29 is 24.2 Å². The van der Waals surface area contributed by atoms with Crippen molar-refractivity contribution in [3.63, 3.8) is 0 Å². The molecule has 40 heavy (non-hydrogen) atoms. The molecule has 0 radical (unpaired) electrons. The molecule has 0 aromatic heterocycles.